The molecule has 1 aromatic heterocycles. The molecule has 0 radical (unpaired) electrons. The third-order valence-electron chi connectivity index (χ3n) is 3.67. The highest BCUT2D eigenvalue weighted by atomic mass is 79.9. The van der Waals surface area contributed by atoms with Gasteiger partial charge in [-0.1, -0.05) is 26.0 Å². The zero-order valence-electron chi connectivity index (χ0n) is 13.2. The van der Waals surface area contributed by atoms with Gasteiger partial charge in [0, 0.05) is 19.0 Å². The Balaban J connectivity index is 2.15. The van der Waals surface area contributed by atoms with E-state index in [4.69, 9.17) is 4.74 Å². The maximum Gasteiger partial charge on any atom is 0.282 e. The van der Waals surface area contributed by atoms with Crippen molar-refractivity contribution in [2.24, 2.45) is 7.05 Å². The van der Waals surface area contributed by atoms with E-state index in [1.54, 1.807) is 20.4 Å². The van der Waals surface area contributed by atoms with Crippen LogP contribution in [0.25, 0.3) is 0 Å². The highest BCUT2D eigenvalue weighted by Gasteiger charge is 2.21. The van der Waals surface area contributed by atoms with Crippen LogP contribution >= 0.6 is 15.9 Å². The minimum absolute atomic E-state index is 0.104. The molecule has 1 N–H and O–H groups in total. The van der Waals surface area contributed by atoms with Crippen molar-refractivity contribution in [1.29, 1.82) is 0 Å². The minimum Gasteiger partial charge on any atom is -0.497 e. The number of aryl methyl sites for hydroxylation is 1. The third-order valence-corrected chi connectivity index (χ3v) is 4.44. The number of nitrogens with one attached hydrogen (secondary N) is 1. The van der Waals surface area contributed by atoms with Gasteiger partial charge in [0.2, 0.25) is 0 Å². The molecule has 0 aliphatic heterocycles. The monoisotopic (exact) mass is 365 g/mol. The van der Waals surface area contributed by atoms with E-state index in [-0.39, 0.29) is 11.0 Å². The Morgan fingerprint density at radius 2 is 1.95 bits per heavy atom. The summed E-state index contributed by atoms with van der Waals surface area (Å²) < 4.78 is 6.98. The van der Waals surface area contributed by atoms with E-state index in [2.05, 4.69) is 52.3 Å². The van der Waals surface area contributed by atoms with Crippen LogP contribution in [0.3, 0.4) is 0 Å². The Bertz CT molecular complexity index is 708. The van der Waals surface area contributed by atoms with Gasteiger partial charge in [0.05, 0.1) is 19.0 Å². The number of nitrogens with zero attached hydrogens (tertiary/aromatic N) is 2. The van der Waals surface area contributed by atoms with Crippen LogP contribution in [0.2, 0.25) is 0 Å². The average molecular weight is 366 g/mol. The molecule has 0 atom stereocenters. The van der Waals surface area contributed by atoms with Gasteiger partial charge in [-0.25, -0.2) is 4.68 Å². The van der Waals surface area contributed by atoms with Crippen molar-refractivity contribution in [2.75, 3.05) is 19.0 Å². The molecular formula is C16H20BrN3O2. The lowest BCUT2D eigenvalue weighted by molar-refractivity contribution is 0.414. The second kappa shape index (κ2) is 6.52. The molecule has 0 spiro atoms. The molecule has 0 amide bonds. The second-order valence-corrected chi connectivity index (χ2v) is 6.56. The van der Waals surface area contributed by atoms with Crippen molar-refractivity contribution in [2.45, 2.75) is 19.3 Å². The largest absolute Gasteiger partial charge is 0.497 e. The van der Waals surface area contributed by atoms with Crippen LogP contribution in [0.1, 0.15) is 19.4 Å². The van der Waals surface area contributed by atoms with Crippen LogP contribution < -0.4 is 15.6 Å². The van der Waals surface area contributed by atoms with Crippen molar-refractivity contribution in [3.05, 3.63) is 50.9 Å². The summed E-state index contributed by atoms with van der Waals surface area (Å²) in [4.78, 5) is 11.9. The maximum atomic E-state index is 11.9. The molecule has 0 aliphatic rings. The zero-order valence-corrected chi connectivity index (χ0v) is 14.8. The number of methoxy groups -OCH3 is 1. The van der Waals surface area contributed by atoms with Crippen molar-refractivity contribution < 1.29 is 4.74 Å². The van der Waals surface area contributed by atoms with Gasteiger partial charge in [0.1, 0.15) is 10.2 Å². The summed E-state index contributed by atoms with van der Waals surface area (Å²) in [5.41, 5.74) is 1.62. The van der Waals surface area contributed by atoms with E-state index >= 15 is 0 Å². The standard InChI is InChI=1S/C16H20BrN3O2/c1-16(2,11-5-7-12(22-4)8-6-11)10-18-13-9-19-20(3)15(21)14(13)17/h5-9,18H,10H2,1-4H3. The van der Waals surface area contributed by atoms with Crippen LogP contribution in [0.4, 0.5) is 5.69 Å². The van der Waals surface area contributed by atoms with Crippen LogP contribution in [0, 0.1) is 0 Å². The van der Waals surface area contributed by atoms with Crippen molar-refractivity contribution >= 4 is 21.6 Å². The van der Waals surface area contributed by atoms with Gasteiger partial charge < -0.3 is 10.1 Å². The molecule has 1 heterocycles. The first kappa shape index (κ1) is 16.5. The van der Waals surface area contributed by atoms with Gasteiger partial charge >= 0.3 is 0 Å². The number of halogens is 1. The summed E-state index contributed by atoms with van der Waals surface area (Å²) in [6.07, 6.45) is 1.65. The summed E-state index contributed by atoms with van der Waals surface area (Å²) in [7, 11) is 3.28. The Morgan fingerprint density at radius 1 is 1.32 bits per heavy atom. The molecule has 0 saturated heterocycles. The van der Waals surface area contributed by atoms with Crippen LogP contribution in [0.15, 0.2) is 39.7 Å². The van der Waals surface area contributed by atoms with E-state index in [0.29, 0.717) is 16.7 Å². The first-order valence-electron chi connectivity index (χ1n) is 6.95. The molecule has 1 aromatic carbocycles. The topological polar surface area (TPSA) is 56.1 Å². The molecular weight excluding hydrogens is 346 g/mol. The summed E-state index contributed by atoms with van der Waals surface area (Å²) in [5.74, 6) is 0.839. The predicted molar refractivity (Wildman–Crippen MR) is 91.7 cm³/mol. The fourth-order valence-corrected chi connectivity index (χ4v) is 2.59. The summed E-state index contributed by atoms with van der Waals surface area (Å²) in [5, 5.41) is 7.33. The fourth-order valence-electron chi connectivity index (χ4n) is 2.09. The Hall–Kier alpha value is -1.82. The number of hydrogen-bond acceptors (Lipinski definition) is 4. The lowest BCUT2D eigenvalue weighted by Gasteiger charge is -2.26. The number of ether oxygens (including phenoxy) is 1. The van der Waals surface area contributed by atoms with E-state index < -0.39 is 0 Å². The number of hydrogen-bond donors (Lipinski definition) is 1. The van der Waals surface area contributed by atoms with E-state index in [1.807, 2.05) is 12.1 Å². The zero-order chi connectivity index (χ0) is 16.3. The smallest absolute Gasteiger partial charge is 0.282 e. The maximum absolute atomic E-state index is 11.9. The van der Waals surface area contributed by atoms with E-state index in [1.165, 1.54) is 10.2 Å². The molecule has 5 nitrogen and oxygen atoms in total. The lowest BCUT2D eigenvalue weighted by atomic mass is 9.84. The molecule has 118 valence electrons. The van der Waals surface area contributed by atoms with Crippen LogP contribution in [0.5, 0.6) is 5.75 Å². The average Bonchev–Trinajstić information content (AvgIpc) is 2.52. The SMILES string of the molecule is COc1ccc(C(C)(C)CNc2cnn(C)c(=O)c2Br)cc1. The molecule has 6 heteroatoms. The fraction of sp³-hybridized carbons (Fsp3) is 0.375. The molecule has 0 fully saturated rings. The highest BCUT2D eigenvalue weighted by Crippen LogP contribution is 2.26. The lowest BCUT2D eigenvalue weighted by Crippen LogP contribution is -2.29. The summed E-state index contributed by atoms with van der Waals surface area (Å²) >= 11 is 3.32. The molecule has 0 aliphatic carbocycles. The summed E-state index contributed by atoms with van der Waals surface area (Å²) in [6, 6.07) is 8.01. The first-order chi connectivity index (χ1) is 10.3. The Labute approximate surface area is 138 Å². The van der Waals surface area contributed by atoms with Crippen molar-refractivity contribution in [1.82, 2.24) is 9.78 Å². The Morgan fingerprint density at radius 3 is 2.55 bits per heavy atom. The number of rotatable bonds is 5. The van der Waals surface area contributed by atoms with Gasteiger partial charge in [-0.15, -0.1) is 0 Å². The van der Waals surface area contributed by atoms with E-state index in [9.17, 15) is 4.79 Å². The molecule has 0 saturated carbocycles. The number of aromatic nitrogens is 2. The first-order valence-corrected chi connectivity index (χ1v) is 7.74. The van der Waals surface area contributed by atoms with Gasteiger partial charge in [0.15, 0.2) is 0 Å². The van der Waals surface area contributed by atoms with Gasteiger partial charge in [0.25, 0.3) is 5.56 Å². The molecule has 22 heavy (non-hydrogen) atoms. The van der Waals surface area contributed by atoms with Crippen molar-refractivity contribution in [3.63, 3.8) is 0 Å². The third kappa shape index (κ3) is 3.50. The number of anilines is 1. The van der Waals surface area contributed by atoms with Crippen LogP contribution in [-0.4, -0.2) is 23.4 Å². The molecule has 2 aromatic rings. The van der Waals surface area contributed by atoms with Gasteiger partial charge in [-0.2, -0.15) is 5.10 Å². The van der Waals surface area contributed by atoms with Crippen LogP contribution in [-0.2, 0) is 12.5 Å². The molecule has 2 rings (SSSR count). The van der Waals surface area contributed by atoms with Gasteiger partial charge in [-0.05, 0) is 33.6 Å². The normalized spacial score (nSPS) is 11.3. The quantitative estimate of drug-likeness (QED) is 0.884. The van der Waals surface area contributed by atoms with E-state index in [0.717, 1.165) is 5.75 Å². The molecule has 0 unspecified atom stereocenters. The number of benzene rings is 1. The highest BCUT2D eigenvalue weighted by molar-refractivity contribution is 9.10. The second-order valence-electron chi connectivity index (χ2n) is 5.77. The Kier molecular flexibility index (Phi) is 4.90. The molecule has 0 bridgehead atoms. The van der Waals surface area contributed by atoms with Crippen molar-refractivity contribution in [3.8, 4) is 5.75 Å². The summed E-state index contributed by atoms with van der Waals surface area (Å²) in [6.45, 7) is 4.96. The predicted octanol–water partition coefficient (Wildman–Crippen LogP) is 2.94. The van der Waals surface area contributed by atoms with Gasteiger partial charge in [-0.3, -0.25) is 4.79 Å². The minimum atomic E-state index is -0.160.